The summed E-state index contributed by atoms with van der Waals surface area (Å²) in [6.45, 7) is 5.32. The van der Waals surface area contributed by atoms with E-state index in [0.717, 1.165) is 22.0 Å². The second-order valence-electron chi connectivity index (χ2n) is 4.60. The van der Waals surface area contributed by atoms with Gasteiger partial charge in [0.1, 0.15) is 5.15 Å². The molecule has 94 valence electrons. The highest BCUT2D eigenvalue weighted by atomic mass is 35.5. The molecule has 3 rings (SSSR count). The van der Waals surface area contributed by atoms with Crippen LogP contribution in [0.2, 0.25) is 5.15 Å². The van der Waals surface area contributed by atoms with E-state index in [1.165, 1.54) is 5.56 Å². The molecule has 0 spiro atoms. The summed E-state index contributed by atoms with van der Waals surface area (Å²) in [5.41, 5.74) is 4.09. The third-order valence-electron chi connectivity index (χ3n) is 3.11. The predicted molar refractivity (Wildman–Crippen MR) is 70.9 cm³/mol. The van der Waals surface area contributed by atoms with E-state index < -0.39 is 0 Å². The number of nitrogens with zero attached hydrogens (tertiary/aromatic N) is 1. The molecule has 1 aromatic heterocycles. The zero-order valence-corrected chi connectivity index (χ0v) is 11.1. The van der Waals surface area contributed by atoms with Gasteiger partial charge < -0.3 is 9.47 Å². The molecule has 0 unspecified atom stereocenters. The van der Waals surface area contributed by atoms with Gasteiger partial charge >= 0.3 is 0 Å². The smallest absolute Gasteiger partial charge is 0.187 e. The van der Waals surface area contributed by atoms with Gasteiger partial charge in [0.15, 0.2) is 6.29 Å². The van der Waals surface area contributed by atoms with Crippen LogP contribution in [0.5, 0.6) is 0 Å². The molecular formula is C14H14ClNO2. The summed E-state index contributed by atoms with van der Waals surface area (Å²) in [5, 5.41) is 1.53. The molecule has 0 radical (unpaired) electrons. The SMILES string of the molecule is Cc1cc(C)c2nc(Cl)c(C3OCCO3)cc2c1. The minimum absolute atomic E-state index is 0.379. The number of rotatable bonds is 1. The lowest BCUT2D eigenvalue weighted by atomic mass is 10.1. The summed E-state index contributed by atoms with van der Waals surface area (Å²) in [6.07, 6.45) is -0.379. The summed E-state index contributed by atoms with van der Waals surface area (Å²) in [5.74, 6) is 0. The maximum atomic E-state index is 6.22. The number of halogens is 1. The molecule has 2 heterocycles. The van der Waals surface area contributed by atoms with Crippen LogP contribution in [0.1, 0.15) is 23.0 Å². The van der Waals surface area contributed by atoms with Crippen molar-refractivity contribution in [2.24, 2.45) is 0 Å². The average Bonchev–Trinajstić information content (AvgIpc) is 2.83. The van der Waals surface area contributed by atoms with Crippen molar-refractivity contribution in [2.75, 3.05) is 13.2 Å². The summed E-state index contributed by atoms with van der Waals surface area (Å²) < 4.78 is 11.0. The van der Waals surface area contributed by atoms with Crippen molar-refractivity contribution in [3.05, 3.63) is 40.0 Å². The van der Waals surface area contributed by atoms with Crippen LogP contribution in [0.4, 0.5) is 0 Å². The topological polar surface area (TPSA) is 31.4 Å². The van der Waals surface area contributed by atoms with Crippen LogP contribution in [0.15, 0.2) is 18.2 Å². The molecule has 0 saturated carbocycles. The lowest BCUT2D eigenvalue weighted by molar-refractivity contribution is -0.0441. The van der Waals surface area contributed by atoms with Gasteiger partial charge in [-0.15, -0.1) is 0 Å². The van der Waals surface area contributed by atoms with Crippen molar-refractivity contribution in [3.63, 3.8) is 0 Å². The third kappa shape index (κ3) is 1.99. The van der Waals surface area contributed by atoms with Gasteiger partial charge in [-0.2, -0.15) is 0 Å². The Morgan fingerprint density at radius 2 is 1.89 bits per heavy atom. The van der Waals surface area contributed by atoms with Gasteiger partial charge in [0.05, 0.1) is 18.7 Å². The van der Waals surface area contributed by atoms with Gasteiger partial charge in [-0.25, -0.2) is 4.98 Å². The first-order valence-corrected chi connectivity index (χ1v) is 6.33. The highest BCUT2D eigenvalue weighted by Crippen LogP contribution is 2.32. The highest BCUT2D eigenvalue weighted by molar-refractivity contribution is 6.30. The van der Waals surface area contributed by atoms with E-state index in [-0.39, 0.29) is 6.29 Å². The van der Waals surface area contributed by atoms with E-state index in [9.17, 15) is 0 Å². The molecule has 1 aliphatic heterocycles. The van der Waals surface area contributed by atoms with Gasteiger partial charge in [-0.3, -0.25) is 0 Å². The fourth-order valence-electron chi connectivity index (χ4n) is 2.35. The Balaban J connectivity index is 2.19. The molecule has 4 heteroatoms. The van der Waals surface area contributed by atoms with Crippen molar-refractivity contribution in [2.45, 2.75) is 20.1 Å². The normalized spacial score (nSPS) is 16.6. The van der Waals surface area contributed by atoms with Crippen LogP contribution in [-0.4, -0.2) is 18.2 Å². The number of benzene rings is 1. The molecule has 18 heavy (non-hydrogen) atoms. The minimum Gasteiger partial charge on any atom is -0.346 e. The Hall–Kier alpha value is -1.16. The molecule has 0 atom stereocenters. The molecule has 1 saturated heterocycles. The van der Waals surface area contributed by atoms with E-state index in [4.69, 9.17) is 21.1 Å². The van der Waals surface area contributed by atoms with Gasteiger partial charge in [0.25, 0.3) is 0 Å². The lowest BCUT2D eigenvalue weighted by Gasteiger charge is -2.13. The standard InChI is InChI=1S/C14H14ClNO2/c1-8-5-9(2)12-10(6-8)7-11(13(15)16-12)14-17-3-4-18-14/h5-7,14H,3-4H2,1-2H3. The molecular weight excluding hydrogens is 250 g/mol. The Bertz CT molecular complexity index is 606. The fourth-order valence-corrected chi connectivity index (χ4v) is 2.58. The van der Waals surface area contributed by atoms with Crippen LogP contribution in [0, 0.1) is 13.8 Å². The molecule has 3 nitrogen and oxygen atoms in total. The van der Waals surface area contributed by atoms with E-state index in [1.807, 2.05) is 13.0 Å². The summed E-state index contributed by atoms with van der Waals surface area (Å²) in [6, 6.07) is 6.22. The van der Waals surface area contributed by atoms with Crippen LogP contribution in [0.25, 0.3) is 10.9 Å². The maximum Gasteiger partial charge on any atom is 0.187 e. The van der Waals surface area contributed by atoms with E-state index in [1.54, 1.807) is 0 Å². The van der Waals surface area contributed by atoms with Crippen molar-refractivity contribution >= 4 is 22.5 Å². The molecule has 2 aromatic rings. The van der Waals surface area contributed by atoms with Crippen LogP contribution < -0.4 is 0 Å². The molecule has 1 aliphatic rings. The van der Waals surface area contributed by atoms with Crippen LogP contribution in [-0.2, 0) is 9.47 Å². The first-order valence-electron chi connectivity index (χ1n) is 5.96. The monoisotopic (exact) mass is 263 g/mol. The van der Waals surface area contributed by atoms with Crippen LogP contribution in [0.3, 0.4) is 0 Å². The Morgan fingerprint density at radius 3 is 2.61 bits per heavy atom. The number of aromatic nitrogens is 1. The Kier molecular flexibility index (Phi) is 2.98. The first-order chi connectivity index (χ1) is 8.65. The highest BCUT2D eigenvalue weighted by Gasteiger charge is 2.22. The van der Waals surface area contributed by atoms with Gasteiger partial charge in [-0.1, -0.05) is 23.2 Å². The van der Waals surface area contributed by atoms with Crippen LogP contribution >= 0.6 is 11.6 Å². The molecule has 1 aromatic carbocycles. The second kappa shape index (κ2) is 4.50. The van der Waals surface area contributed by atoms with Crippen molar-refractivity contribution < 1.29 is 9.47 Å². The molecule has 0 N–H and O–H groups in total. The maximum absolute atomic E-state index is 6.22. The van der Waals surface area contributed by atoms with E-state index >= 15 is 0 Å². The quantitative estimate of drug-likeness (QED) is 0.738. The number of hydrogen-bond donors (Lipinski definition) is 0. The van der Waals surface area contributed by atoms with Crippen molar-refractivity contribution in [1.29, 1.82) is 0 Å². The van der Waals surface area contributed by atoms with Crippen molar-refractivity contribution in [3.8, 4) is 0 Å². The van der Waals surface area contributed by atoms with Gasteiger partial charge in [0, 0.05) is 10.9 Å². The zero-order chi connectivity index (χ0) is 12.7. The summed E-state index contributed by atoms with van der Waals surface area (Å²) in [7, 11) is 0. The molecule has 0 aliphatic carbocycles. The largest absolute Gasteiger partial charge is 0.346 e. The number of pyridine rings is 1. The lowest BCUT2D eigenvalue weighted by Crippen LogP contribution is -2.01. The molecule has 0 amide bonds. The Labute approximate surface area is 111 Å². The van der Waals surface area contributed by atoms with Gasteiger partial charge in [-0.05, 0) is 31.5 Å². The zero-order valence-electron chi connectivity index (χ0n) is 10.4. The fraction of sp³-hybridized carbons (Fsp3) is 0.357. The Morgan fingerprint density at radius 1 is 1.17 bits per heavy atom. The average molecular weight is 264 g/mol. The predicted octanol–water partition coefficient (Wildman–Crippen LogP) is 3.55. The number of ether oxygens (including phenoxy) is 2. The number of fused-ring (bicyclic) bond motifs is 1. The van der Waals surface area contributed by atoms with Gasteiger partial charge in [0.2, 0.25) is 0 Å². The van der Waals surface area contributed by atoms with E-state index in [0.29, 0.717) is 18.4 Å². The second-order valence-corrected chi connectivity index (χ2v) is 4.95. The number of aryl methyl sites for hydroxylation is 2. The molecule has 1 fully saturated rings. The molecule has 0 bridgehead atoms. The third-order valence-corrected chi connectivity index (χ3v) is 3.41. The summed E-state index contributed by atoms with van der Waals surface area (Å²) >= 11 is 6.22. The number of hydrogen-bond acceptors (Lipinski definition) is 3. The summed E-state index contributed by atoms with van der Waals surface area (Å²) in [4.78, 5) is 4.47. The van der Waals surface area contributed by atoms with Crippen molar-refractivity contribution in [1.82, 2.24) is 4.98 Å². The van der Waals surface area contributed by atoms with E-state index in [2.05, 4.69) is 24.0 Å². The first kappa shape index (κ1) is 11.9. The minimum atomic E-state index is -0.379.